The first-order valence-electron chi connectivity index (χ1n) is 5.17. The Kier molecular flexibility index (Phi) is 2.80. The summed E-state index contributed by atoms with van der Waals surface area (Å²) in [5, 5.41) is 11.3. The van der Waals surface area contributed by atoms with Crippen molar-refractivity contribution >= 4 is 41.5 Å². The smallest absolute Gasteiger partial charge is 0.116 e. The van der Waals surface area contributed by atoms with Gasteiger partial charge in [0.25, 0.3) is 0 Å². The van der Waals surface area contributed by atoms with Gasteiger partial charge >= 0.3 is 0 Å². The highest BCUT2D eigenvalue weighted by molar-refractivity contribution is 6.41. The highest BCUT2D eigenvalue weighted by Gasteiger charge is 2.21. The number of nitrogens with two attached hydrogens (primary N) is 1. The maximum atomic E-state index is 9.97. The molecule has 0 aliphatic heterocycles. The Labute approximate surface area is 106 Å². The van der Waals surface area contributed by atoms with Gasteiger partial charge in [0.15, 0.2) is 0 Å². The van der Waals surface area contributed by atoms with Crippen molar-refractivity contribution in [3.8, 4) is 0 Å². The Morgan fingerprint density at radius 2 is 2.00 bits per heavy atom. The predicted molar refractivity (Wildman–Crippen MR) is 71.8 cm³/mol. The molecule has 0 unspecified atom stereocenters. The molecule has 2 radical (unpaired) electrons. The first-order valence-corrected chi connectivity index (χ1v) is 5.55. The van der Waals surface area contributed by atoms with Crippen LogP contribution < -0.4 is 11.2 Å². The van der Waals surface area contributed by atoms with Crippen LogP contribution in [0.4, 0.5) is 5.69 Å². The number of benzene rings is 1. The number of hydrogen-bond acceptors (Lipinski definition) is 3. The van der Waals surface area contributed by atoms with Crippen LogP contribution in [-0.2, 0) is 5.60 Å². The van der Waals surface area contributed by atoms with E-state index in [0.717, 1.165) is 5.39 Å². The van der Waals surface area contributed by atoms with Crippen LogP contribution in [0.5, 0.6) is 0 Å². The summed E-state index contributed by atoms with van der Waals surface area (Å²) < 4.78 is 0. The number of fused-ring (bicyclic) bond motifs is 1. The molecule has 5 heteroatoms. The van der Waals surface area contributed by atoms with E-state index in [4.69, 9.17) is 25.2 Å². The van der Waals surface area contributed by atoms with Crippen molar-refractivity contribution in [1.29, 1.82) is 0 Å². The maximum absolute atomic E-state index is 9.97. The minimum Gasteiger partial charge on any atom is -0.397 e. The van der Waals surface area contributed by atoms with Gasteiger partial charge in [-0.3, -0.25) is 0 Å². The van der Waals surface area contributed by atoms with Crippen LogP contribution in [0.25, 0.3) is 10.9 Å². The SMILES string of the molecule is [B]c1cc(Cl)cc2cc(N)c(C(C)(C)O)nc12. The third-order valence-electron chi connectivity index (χ3n) is 2.52. The zero-order valence-corrected chi connectivity index (χ0v) is 10.4. The Bertz CT molecular complexity index is 593. The van der Waals surface area contributed by atoms with Gasteiger partial charge in [-0.25, -0.2) is 4.98 Å². The summed E-state index contributed by atoms with van der Waals surface area (Å²) in [6.45, 7) is 3.26. The van der Waals surface area contributed by atoms with Crippen molar-refractivity contribution in [2.75, 3.05) is 5.73 Å². The zero-order chi connectivity index (χ0) is 12.8. The molecule has 2 rings (SSSR count). The molecule has 0 fully saturated rings. The molecule has 0 spiro atoms. The highest BCUT2D eigenvalue weighted by Crippen LogP contribution is 2.27. The van der Waals surface area contributed by atoms with Crippen molar-refractivity contribution < 1.29 is 5.11 Å². The predicted octanol–water partition coefficient (Wildman–Crippen LogP) is 1.49. The molecular formula is C12H12BClN2O. The van der Waals surface area contributed by atoms with Gasteiger partial charge in [0.05, 0.1) is 16.9 Å². The quantitative estimate of drug-likeness (QED) is 0.750. The summed E-state index contributed by atoms with van der Waals surface area (Å²) in [6, 6.07) is 5.09. The normalized spacial score (nSPS) is 12.0. The van der Waals surface area contributed by atoms with Gasteiger partial charge in [0.2, 0.25) is 0 Å². The van der Waals surface area contributed by atoms with Crippen LogP contribution in [0.3, 0.4) is 0 Å². The molecule has 86 valence electrons. The van der Waals surface area contributed by atoms with Gasteiger partial charge in [-0.2, -0.15) is 0 Å². The van der Waals surface area contributed by atoms with E-state index in [2.05, 4.69) is 4.98 Å². The number of nitrogen functional groups attached to an aromatic ring is 1. The van der Waals surface area contributed by atoms with Gasteiger partial charge < -0.3 is 10.8 Å². The molecule has 0 aliphatic carbocycles. The summed E-state index contributed by atoms with van der Waals surface area (Å²) in [7, 11) is 5.85. The van der Waals surface area contributed by atoms with Crippen LogP contribution in [0.1, 0.15) is 19.5 Å². The van der Waals surface area contributed by atoms with E-state index < -0.39 is 5.60 Å². The van der Waals surface area contributed by atoms with Gasteiger partial charge in [0.1, 0.15) is 13.4 Å². The number of halogens is 1. The summed E-state index contributed by atoms with van der Waals surface area (Å²) in [5.74, 6) is 0. The average Bonchev–Trinajstić information content (AvgIpc) is 2.13. The second-order valence-corrected chi connectivity index (χ2v) is 4.99. The number of anilines is 1. The summed E-state index contributed by atoms with van der Waals surface area (Å²) in [5.41, 5.74) is 6.67. The van der Waals surface area contributed by atoms with Crippen LogP contribution in [0.2, 0.25) is 5.02 Å². The monoisotopic (exact) mass is 246 g/mol. The van der Waals surface area contributed by atoms with E-state index in [9.17, 15) is 5.11 Å². The summed E-state index contributed by atoms with van der Waals surface area (Å²) in [4.78, 5) is 4.33. The summed E-state index contributed by atoms with van der Waals surface area (Å²) in [6.07, 6.45) is 0. The lowest BCUT2D eigenvalue weighted by atomic mass is 9.92. The number of nitrogens with zero attached hydrogens (tertiary/aromatic N) is 1. The zero-order valence-electron chi connectivity index (χ0n) is 9.66. The van der Waals surface area contributed by atoms with Crippen molar-refractivity contribution in [1.82, 2.24) is 4.98 Å². The van der Waals surface area contributed by atoms with Crippen molar-refractivity contribution in [3.63, 3.8) is 0 Å². The number of aromatic nitrogens is 1. The van der Waals surface area contributed by atoms with E-state index in [1.165, 1.54) is 0 Å². The van der Waals surface area contributed by atoms with E-state index >= 15 is 0 Å². The first kappa shape index (κ1) is 12.2. The number of pyridine rings is 1. The molecule has 17 heavy (non-hydrogen) atoms. The molecule has 3 nitrogen and oxygen atoms in total. The van der Waals surface area contributed by atoms with E-state index in [1.54, 1.807) is 32.0 Å². The lowest BCUT2D eigenvalue weighted by Crippen LogP contribution is -2.21. The number of rotatable bonds is 1. The topological polar surface area (TPSA) is 59.1 Å². The largest absolute Gasteiger partial charge is 0.397 e. The van der Waals surface area contributed by atoms with Crippen LogP contribution in [0, 0.1) is 0 Å². The van der Waals surface area contributed by atoms with Crippen LogP contribution in [0.15, 0.2) is 18.2 Å². The Morgan fingerprint density at radius 3 is 2.59 bits per heavy atom. The van der Waals surface area contributed by atoms with Gasteiger partial charge in [-0.05, 0) is 32.0 Å². The molecule has 0 saturated heterocycles. The first-order chi connectivity index (χ1) is 7.79. The molecule has 2 aromatic rings. The minimum absolute atomic E-state index is 0.416. The highest BCUT2D eigenvalue weighted by atomic mass is 35.5. The van der Waals surface area contributed by atoms with Crippen LogP contribution in [-0.4, -0.2) is 17.9 Å². The van der Waals surface area contributed by atoms with Crippen molar-refractivity contribution in [3.05, 3.63) is 28.9 Å². The third-order valence-corrected chi connectivity index (χ3v) is 2.74. The Hall–Kier alpha value is -1.26. The molecule has 1 aromatic heterocycles. The molecule has 3 N–H and O–H groups in total. The fraction of sp³-hybridized carbons (Fsp3) is 0.250. The van der Waals surface area contributed by atoms with Crippen molar-refractivity contribution in [2.24, 2.45) is 0 Å². The van der Waals surface area contributed by atoms with E-state index in [1.807, 2.05) is 0 Å². The lowest BCUT2D eigenvalue weighted by molar-refractivity contribution is 0.0751. The standard InChI is InChI=1S/C12H12BClN2O/c1-12(2,17)11-9(15)4-6-3-7(14)5-8(13)10(6)16-11/h3-5,17H,15H2,1-2H3. The van der Waals surface area contributed by atoms with E-state index in [-0.39, 0.29) is 0 Å². The molecule has 1 heterocycles. The molecule has 1 aromatic carbocycles. The average molecular weight is 247 g/mol. The second-order valence-electron chi connectivity index (χ2n) is 4.55. The number of aliphatic hydroxyl groups is 1. The molecule has 0 bridgehead atoms. The van der Waals surface area contributed by atoms with Gasteiger partial charge in [-0.1, -0.05) is 17.1 Å². The minimum atomic E-state index is -1.11. The maximum Gasteiger partial charge on any atom is 0.116 e. The fourth-order valence-corrected chi connectivity index (χ4v) is 2.02. The second kappa shape index (κ2) is 3.89. The fourth-order valence-electron chi connectivity index (χ4n) is 1.78. The molecule has 0 amide bonds. The third kappa shape index (κ3) is 2.23. The van der Waals surface area contributed by atoms with Crippen LogP contribution >= 0.6 is 11.6 Å². The lowest BCUT2D eigenvalue weighted by Gasteiger charge is -2.19. The summed E-state index contributed by atoms with van der Waals surface area (Å²) >= 11 is 5.91. The van der Waals surface area contributed by atoms with Crippen molar-refractivity contribution in [2.45, 2.75) is 19.4 Å². The molecule has 0 saturated carbocycles. The molecule has 0 atom stereocenters. The van der Waals surface area contributed by atoms with Gasteiger partial charge in [-0.15, -0.1) is 0 Å². The Morgan fingerprint density at radius 1 is 1.35 bits per heavy atom. The molecule has 0 aliphatic rings. The van der Waals surface area contributed by atoms with E-state index in [0.29, 0.717) is 27.4 Å². The number of hydrogen-bond donors (Lipinski definition) is 2. The molecular weight excluding hydrogens is 234 g/mol. The Balaban J connectivity index is 2.81. The van der Waals surface area contributed by atoms with Gasteiger partial charge in [0, 0.05) is 10.4 Å².